The number of aromatic nitrogens is 1. The van der Waals surface area contributed by atoms with Gasteiger partial charge in [0, 0.05) is 52.7 Å². The molecule has 0 radical (unpaired) electrons. The van der Waals surface area contributed by atoms with Crippen LogP contribution in [-0.2, 0) is 4.79 Å². The molecule has 5 amide bonds. The van der Waals surface area contributed by atoms with Crippen LogP contribution >= 0.6 is 0 Å². The summed E-state index contributed by atoms with van der Waals surface area (Å²) in [5, 5.41) is 14.4. The van der Waals surface area contributed by atoms with Crippen LogP contribution in [0.3, 0.4) is 0 Å². The molecule has 246 valence electrons. The summed E-state index contributed by atoms with van der Waals surface area (Å²) in [5.41, 5.74) is 7.40. The van der Waals surface area contributed by atoms with E-state index in [1.165, 1.54) is 12.8 Å². The van der Waals surface area contributed by atoms with E-state index in [1.54, 1.807) is 60.7 Å². The number of hydrogen-bond acceptors (Lipinski definition) is 5. The standard InChI is InChI=1S/C37H39N7O4/c1-22-11-12-26(40-34(45)25-9-5-4-6-10-25)19-30(22)43-37(48)41-27-13-14-28-29(35(46)42-32(28)20-27)21-31-23(2)33(24(3)39-31)36(47)38-15-18-44-16-7-8-17-44/h4-6,9-14,19-21,39H,7-8,15-18H2,1-3H3,(H,38,47)(H,40,45)(H,42,46)(H2,41,43,48)/b29-21-. The van der Waals surface area contributed by atoms with Crippen LogP contribution in [0.2, 0.25) is 0 Å². The molecule has 4 aromatic rings. The Bertz CT molecular complexity index is 1920. The van der Waals surface area contributed by atoms with Gasteiger partial charge in [-0.05, 0) is 100 Å². The van der Waals surface area contributed by atoms with E-state index in [0.29, 0.717) is 57.3 Å². The van der Waals surface area contributed by atoms with E-state index in [4.69, 9.17) is 0 Å². The number of carbonyl (C=O) groups excluding carboxylic acids is 4. The number of likely N-dealkylation sites (tertiary alicyclic amines) is 1. The maximum Gasteiger partial charge on any atom is 0.323 e. The minimum atomic E-state index is -0.478. The first-order valence-electron chi connectivity index (χ1n) is 16.1. The molecule has 6 N–H and O–H groups in total. The summed E-state index contributed by atoms with van der Waals surface area (Å²) >= 11 is 0. The largest absolute Gasteiger partial charge is 0.358 e. The van der Waals surface area contributed by atoms with E-state index in [-0.39, 0.29) is 17.7 Å². The molecule has 0 aliphatic carbocycles. The smallest absolute Gasteiger partial charge is 0.323 e. The summed E-state index contributed by atoms with van der Waals surface area (Å²) in [6.07, 6.45) is 4.18. The van der Waals surface area contributed by atoms with Gasteiger partial charge in [-0.2, -0.15) is 0 Å². The number of H-pyrrole nitrogens is 1. The van der Waals surface area contributed by atoms with E-state index in [2.05, 4.69) is 36.5 Å². The summed E-state index contributed by atoms with van der Waals surface area (Å²) in [6, 6.07) is 18.9. The van der Waals surface area contributed by atoms with Crippen molar-refractivity contribution < 1.29 is 19.2 Å². The second-order valence-electron chi connectivity index (χ2n) is 12.2. The number of hydrogen-bond donors (Lipinski definition) is 6. The van der Waals surface area contributed by atoms with Gasteiger partial charge < -0.3 is 36.5 Å². The van der Waals surface area contributed by atoms with Crippen molar-refractivity contribution in [1.82, 2.24) is 15.2 Å². The van der Waals surface area contributed by atoms with Crippen LogP contribution in [0.4, 0.5) is 27.5 Å². The van der Waals surface area contributed by atoms with Crippen LogP contribution in [0.5, 0.6) is 0 Å². The van der Waals surface area contributed by atoms with Crippen molar-refractivity contribution in [2.75, 3.05) is 47.4 Å². The number of aromatic amines is 1. The zero-order chi connectivity index (χ0) is 33.8. The van der Waals surface area contributed by atoms with E-state index in [9.17, 15) is 19.2 Å². The number of anilines is 4. The molecule has 11 nitrogen and oxygen atoms in total. The van der Waals surface area contributed by atoms with Gasteiger partial charge in [-0.25, -0.2) is 4.79 Å². The molecule has 0 unspecified atom stereocenters. The number of carbonyl (C=O) groups is 4. The van der Waals surface area contributed by atoms with Crippen molar-refractivity contribution in [2.24, 2.45) is 0 Å². The second kappa shape index (κ2) is 14.0. The van der Waals surface area contributed by atoms with Crippen LogP contribution < -0.4 is 26.6 Å². The molecule has 3 aromatic carbocycles. The monoisotopic (exact) mass is 645 g/mol. The van der Waals surface area contributed by atoms with Crippen molar-refractivity contribution in [2.45, 2.75) is 33.6 Å². The van der Waals surface area contributed by atoms with Gasteiger partial charge in [-0.1, -0.05) is 30.3 Å². The van der Waals surface area contributed by atoms with Crippen LogP contribution in [0.25, 0.3) is 11.6 Å². The number of rotatable bonds is 9. The third-order valence-corrected chi connectivity index (χ3v) is 8.74. The number of nitrogens with one attached hydrogen (secondary N) is 6. The van der Waals surface area contributed by atoms with E-state index >= 15 is 0 Å². The van der Waals surface area contributed by atoms with Gasteiger partial charge in [0.15, 0.2) is 0 Å². The third-order valence-electron chi connectivity index (χ3n) is 8.74. The molecule has 0 bridgehead atoms. The summed E-state index contributed by atoms with van der Waals surface area (Å²) in [5.74, 6) is -0.659. The third kappa shape index (κ3) is 7.16. The maximum absolute atomic E-state index is 13.0. The quantitative estimate of drug-likeness (QED) is 0.121. The van der Waals surface area contributed by atoms with Gasteiger partial charge >= 0.3 is 6.03 Å². The Morgan fingerprint density at radius 1 is 0.854 bits per heavy atom. The summed E-state index contributed by atoms with van der Waals surface area (Å²) in [7, 11) is 0. The Morgan fingerprint density at radius 2 is 1.58 bits per heavy atom. The fourth-order valence-electron chi connectivity index (χ4n) is 6.15. The van der Waals surface area contributed by atoms with Gasteiger partial charge in [-0.3, -0.25) is 14.4 Å². The van der Waals surface area contributed by atoms with Crippen molar-refractivity contribution in [3.63, 3.8) is 0 Å². The average molecular weight is 646 g/mol. The highest BCUT2D eigenvalue weighted by Gasteiger charge is 2.26. The fraction of sp³-hybridized carbons (Fsp3) is 0.243. The molecule has 2 aliphatic heterocycles. The molecule has 11 heteroatoms. The highest BCUT2D eigenvalue weighted by molar-refractivity contribution is 6.35. The first kappa shape index (κ1) is 32.3. The van der Waals surface area contributed by atoms with Gasteiger partial charge in [-0.15, -0.1) is 0 Å². The zero-order valence-electron chi connectivity index (χ0n) is 27.3. The number of aryl methyl sites for hydroxylation is 2. The van der Waals surface area contributed by atoms with Crippen LogP contribution in [-0.4, -0.2) is 59.8 Å². The molecule has 6 rings (SSSR count). The van der Waals surface area contributed by atoms with Crippen LogP contribution in [0.1, 0.15) is 61.6 Å². The molecular formula is C37H39N7O4. The molecule has 2 aliphatic rings. The Morgan fingerprint density at radius 3 is 2.35 bits per heavy atom. The molecule has 0 saturated carbocycles. The van der Waals surface area contributed by atoms with Gasteiger partial charge in [0.05, 0.1) is 16.8 Å². The normalized spacial score (nSPS) is 14.8. The Kier molecular flexibility index (Phi) is 9.40. The first-order valence-corrected chi connectivity index (χ1v) is 16.1. The van der Waals surface area contributed by atoms with Crippen molar-refractivity contribution in [3.8, 4) is 0 Å². The molecule has 48 heavy (non-hydrogen) atoms. The van der Waals surface area contributed by atoms with E-state index in [0.717, 1.165) is 36.5 Å². The summed E-state index contributed by atoms with van der Waals surface area (Å²) < 4.78 is 0. The minimum Gasteiger partial charge on any atom is -0.358 e. The Balaban J connectivity index is 1.11. The fourth-order valence-corrected chi connectivity index (χ4v) is 6.15. The van der Waals surface area contributed by atoms with Gasteiger partial charge in [0.25, 0.3) is 17.7 Å². The van der Waals surface area contributed by atoms with E-state index in [1.807, 2.05) is 32.9 Å². The van der Waals surface area contributed by atoms with Crippen molar-refractivity contribution >= 4 is 58.2 Å². The zero-order valence-corrected chi connectivity index (χ0v) is 27.3. The lowest BCUT2D eigenvalue weighted by molar-refractivity contribution is -0.110. The molecular weight excluding hydrogens is 606 g/mol. The lowest BCUT2D eigenvalue weighted by atomic mass is 10.0. The SMILES string of the molecule is Cc1ccc(NC(=O)c2ccccc2)cc1NC(=O)Nc1ccc2c(c1)NC(=O)/C2=C\c1[nH]c(C)c(C(=O)NCCN2CCCC2)c1C. The molecule has 0 spiro atoms. The number of amides is 5. The number of benzene rings is 3. The predicted octanol–water partition coefficient (Wildman–Crippen LogP) is 6.15. The average Bonchev–Trinajstić information content (AvgIpc) is 3.76. The van der Waals surface area contributed by atoms with Crippen LogP contribution in [0.15, 0.2) is 66.7 Å². The Labute approximate surface area is 279 Å². The highest BCUT2D eigenvalue weighted by Crippen LogP contribution is 2.36. The topological polar surface area (TPSA) is 147 Å². The first-order chi connectivity index (χ1) is 23.2. The summed E-state index contributed by atoms with van der Waals surface area (Å²) in [6.45, 7) is 9.17. The number of nitrogens with zero attached hydrogens (tertiary/aromatic N) is 1. The van der Waals surface area contributed by atoms with Crippen molar-refractivity contribution in [1.29, 1.82) is 0 Å². The van der Waals surface area contributed by atoms with Gasteiger partial charge in [0.1, 0.15) is 0 Å². The van der Waals surface area contributed by atoms with Crippen molar-refractivity contribution in [3.05, 3.63) is 106 Å². The van der Waals surface area contributed by atoms with E-state index < -0.39 is 6.03 Å². The minimum absolute atomic E-state index is 0.130. The lowest BCUT2D eigenvalue weighted by Crippen LogP contribution is -2.33. The number of fused-ring (bicyclic) bond motifs is 1. The molecule has 3 heterocycles. The molecule has 1 saturated heterocycles. The highest BCUT2D eigenvalue weighted by atomic mass is 16.2. The summed E-state index contributed by atoms with van der Waals surface area (Å²) in [4.78, 5) is 57.3. The predicted molar refractivity (Wildman–Crippen MR) is 189 cm³/mol. The Hall–Kier alpha value is -5.68. The molecule has 1 aromatic heterocycles. The second-order valence-corrected chi connectivity index (χ2v) is 12.2. The van der Waals surface area contributed by atoms with Gasteiger partial charge in [0.2, 0.25) is 0 Å². The number of urea groups is 1. The van der Waals surface area contributed by atoms with Crippen LogP contribution in [0, 0.1) is 20.8 Å². The molecule has 0 atom stereocenters. The maximum atomic E-state index is 13.0. The molecule has 1 fully saturated rings. The lowest BCUT2D eigenvalue weighted by Gasteiger charge is -2.14.